The van der Waals surface area contributed by atoms with E-state index >= 15 is 0 Å². The fourth-order valence-electron chi connectivity index (χ4n) is 1.17. The number of hydrogen-bond donors (Lipinski definition) is 2. The van der Waals surface area contributed by atoms with Gasteiger partial charge in [0.2, 0.25) is 5.91 Å². The maximum atomic E-state index is 11.8. The van der Waals surface area contributed by atoms with Crippen LogP contribution in [-0.2, 0) is 4.79 Å². The number of carbonyl (C=O) groups excluding carboxylic acids is 1. The molecule has 1 unspecified atom stereocenters. The van der Waals surface area contributed by atoms with Crippen LogP contribution < -0.4 is 11.1 Å². The van der Waals surface area contributed by atoms with E-state index in [1.807, 2.05) is 20.8 Å². The molecule has 90 valence electrons. The third-order valence-electron chi connectivity index (χ3n) is 2.68. The van der Waals surface area contributed by atoms with Crippen LogP contribution in [0.15, 0.2) is 0 Å². The number of amides is 1. The highest BCUT2D eigenvalue weighted by molar-refractivity contribution is 5.82. The number of nitrogens with two attached hydrogens (primary N) is 1. The average Bonchev–Trinajstić information content (AvgIpc) is 2.14. The molecule has 0 fully saturated rings. The zero-order valence-corrected chi connectivity index (χ0v) is 10.8. The van der Waals surface area contributed by atoms with Gasteiger partial charge in [0.25, 0.3) is 0 Å². The van der Waals surface area contributed by atoms with E-state index in [0.29, 0.717) is 12.5 Å². The average molecular weight is 214 g/mol. The molecule has 0 saturated carbocycles. The number of rotatable bonds is 6. The van der Waals surface area contributed by atoms with Gasteiger partial charge in [0.1, 0.15) is 0 Å². The Morgan fingerprint density at radius 2 is 1.80 bits per heavy atom. The van der Waals surface area contributed by atoms with Gasteiger partial charge in [0.05, 0.1) is 5.41 Å². The van der Waals surface area contributed by atoms with E-state index in [4.69, 9.17) is 5.73 Å². The molecule has 0 aliphatic heterocycles. The van der Waals surface area contributed by atoms with E-state index in [-0.39, 0.29) is 11.9 Å². The summed E-state index contributed by atoms with van der Waals surface area (Å²) in [6, 6.07) is 0.241. The fourth-order valence-corrected chi connectivity index (χ4v) is 1.17. The quantitative estimate of drug-likeness (QED) is 0.709. The SMILES string of the molecule is CC(C)CCC(C)NC(=O)C(C)(C)CN. The zero-order valence-electron chi connectivity index (χ0n) is 10.8. The normalized spacial score (nSPS) is 14.1. The van der Waals surface area contributed by atoms with E-state index < -0.39 is 5.41 Å². The van der Waals surface area contributed by atoms with Crippen LogP contribution in [0.1, 0.15) is 47.5 Å². The first-order valence-electron chi connectivity index (χ1n) is 5.80. The molecule has 0 saturated heterocycles. The summed E-state index contributed by atoms with van der Waals surface area (Å²) >= 11 is 0. The fraction of sp³-hybridized carbons (Fsp3) is 0.917. The second-order valence-corrected chi connectivity index (χ2v) is 5.43. The van der Waals surface area contributed by atoms with Gasteiger partial charge >= 0.3 is 0 Å². The minimum atomic E-state index is -0.452. The molecule has 0 rings (SSSR count). The van der Waals surface area contributed by atoms with Gasteiger partial charge in [-0.1, -0.05) is 13.8 Å². The Kier molecular flexibility index (Phi) is 5.88. The van der Waals surface area contributed by atoms with Gasteiger partial charge in [0, 0.05) is 12.6 Å². The molecule has 0 radical (unpaired) electrons. The van der Waals surface area contributed by atoms with Crippen LogP contribution in [0.2, 0.25) is 0 Å². The summed E-state index contributed by atoms with van der Waals surface area (Å²) in [5.74, 6) is 0.744. The molecule has 0 heterocycles. The highest BCUT2D eigenvalue weighted by Crippen LogP contribution is 2.14. The van der Waals surface area contributed by atoms with Crippen LogP contribution in [0, 0.1) is 11.3 Å². The molecule has 3 heteroatoms. The van der Waals surface area contributed by atoms with E-state index in [1.165, 1.54) is 0 Å². The Balaban J connectivity index is 3.96. The Hall–Kier alpha value is -0.570. The molecule has 1 atom stereocenters. The van der Waals surface area contributed by atoms with Crippen molar-refractivity contribution < 1.29 is 4.79 Å². The predicted octanol–water partition coefficient (Wildman–Crippen LogP) is 1.91. The van der Waals surface area contributed by atoms with E-state index in [2.05, 4.69) is 19.2 Å². The summed E-state index contributed by atoms with van der Waals surface area (Å²) in [6.07, 6.45) is 2.18. The summed E-state index contributed by atoms with van der Waals surface area (Å²) in [6.45, 7) is 10.6. The van der Waals surface area contributed by atoms with Crippen molar-refractivity contribution in [2.24, 2.45) is 17.1 Å². The van der Waals surface area contributed by atoms with Crippen molar-refractivity contribution in [1.82, 2.24) is 5.32 Å². The van der Waals surface area contributed by atoms with Gasteiger partial charge < -0.3 is 11.1 Å². The molecule has 0 spiro atoms. The van der Waals surface area contributed by atoms with E-state index in [0.717, 1.165) is 12.8 Å². The van der Waals surface area contributed by atoms with E-state index in [9.17, 15) is 4.79 Å². The highest BCUT2D eigenvalue weighted by Gasteiger charge is 2.26. The second kappa shape index (κ2) is 6.11. The minimum absolute atomic E-state index is 0.0567. The van der Waals surface area contributed by atoms with Crippen molar-refractivity contribution in [2.75, 3.05) is 6.54 Å². The third-order valence-corrected chi connectivity index (χ3v) is 2.68. The Morgan fingerprint density at radius 1 is 1.27 bits per heavy atom. The van der Waals surface area contributed by atoms with Crippen molar-refractivity contribution in [1.29, 1.82) is 0 Å². The van der Waals surface area contributed by atoms with Crippen molar-refractivity contribution in [2.45, 2.75) is 53.5 Å². The van der Waals surface area contributed by atoms with Crippen molar-refractivity contribution in [3.63, 3.8) is 0 Å². The molecule has 3 N–H and O–H groups in total. The van der Waals surface area contributed by atoms with Gasteiger partial charge in [-0.25, -0.2) is 0 Å². The van der Waals surface area contributed by atoms with Crippen LogP contribution in [0.3, 0.4) is 0 Å². The number of carbonyl (C=O) groups is 1. The smallest absolute Gasteiger partial charge is 0.227 e. The molecule has 0 aliphatic carbocycles. The molecule has 15 heavy (non-hydrogen) atoms. The van der Waals surface area contributed by atoms with Crippen LogP contribution >= 0.6 is 0 Å². The van der Waals surface area contributed by atoms with Crippen LogP contribution in [-0.4, -0.2) is 18.5 Å². The van der Waals surface area contributed by atoms with Gasteiger partial charge in [-0.05, 0) is 39.5 Å². The lowest BCUT2D eigenvalue weighted by atomic mass is 9.92. The van der Waals surface area contributed by atoms with Gasteiger partial charge in [0.15, 0.2) is 0 Å². The Morgan fingerprint density at radius 3 is 2.20 bits per heavy atom. The Bertz CT molecular complexity index is 200. The lowest BCUT2D eigenvalue weighted by Crippen LogP contribution is -2.45. The van der Waals surface area contributed by atoms with Gasteiger partial charge in [-0.2, -0.15) is 0 Å². The van der Waals surface area contributed by atoms with Crippen molar-refractivity contribution in [3.05, 3.63) is 0 Å². The van der Waals surface area contributed by atoms with Crippen LogP contribution in [0.25, 0.3) is 0 Å². The van der Waals surface area contributed by atoms with Crippen LogP contribution in [0.4, 0.5) is 0 Å². The molecule has 3 nitrogen and oxygen atoms in total. The first-order valence-corrected chi connectivity index (χ1v) is 5.80. The Labute approximate surface area is 93.8 Å². The monoisotopic (exact) mass is 214 g/mol. The maximum Gasteiger partial charge on any atom is 0.227 e. The first kappa shape index (κ1) is 14.4. The summed E-state index contributed by atoms with van der Waals surface area (Å²) in [5.41, 5.74) is 5.09. The molecule has 1 amide bonds. The third kappa shape index (κ3) is 5.78. The first-order chi connectivity index (χ1) is 6.79. The molecule has 0 aromatic carbocycles. The number of nitrogens with one attached hydrogen (secondary N) is 1. The van der Waals surface area contributed by atoms with E-state index in [1.54, 1.807) is 0 Å². The van der Waals surface area contributed by atoms with Gasteiger partial charge in [-0.15, -0.1) is 0 Å². The summed E-state index contributed by atoms with van der Waals surface area (Å²) < 4.78 is 0. The predicted molar refractivity (Wildman–Crippen MR) is 64.5 cm³/mol. The minimum Gasteiger partial charge on any atom is -0.353 e. The lowest BCUT2D eigenvalue weighted by molar-refractivity contribution is -0.129. The lowest BCUT2D eigenvalue weighted by Gasteiger charge is -2.24. The largest absolute Gasteiger partial charge is 0.353 e. The van der Waals surface area contributed by atoms with Gasteiger partial charge in [-0.3, -0.25) is 4.79 Å². The molecule has 0 aromatic heterocycles. The molecule has 0 bridgehead atoms. The number of hydrogen-bond acceptors (Lipinski definition) is 2. The van der Waals surface area contributed by atoms with Crippen LogP contribution in [0.5, 0.6) is 0 Å². The molecular weight excluding hydrogens is 188 g/mol. The van der Waals surface area contributed by atoms with Crippen molar-refractivity contribution >= 4 is 5.91 Å². The maximum absolute atomic E-state index is 11.8. The second-order valence-electron chi connectivity index (χ2n) is 5.43. The topological polar surface area (TPSA) is 55.1 Å². The molecular formula is C12H26N2O. The standard InChI is InChI=1S/C12H26N2O/c1-9(2)6-7-10(3)14-11(15)12(4,5)8-13/h9-10H,6-8,13H2,1-5H3,(H,14,15). The van der Waals surface area contributed by atoms with Crippen molar-refractivity contribution in [3.8, 4) is 0 Å². The summed E-state index contributed by atoms with van der Waals surface area (Å²) in [7, 11) is 0. The molecule has 0 aliphatic rings. The molecule has 0 aromatic rings. The summed E-state index contributed by atoms with van der Waals surface area (Å²) in [4.78, 5) is 11.8. The zero-order chi connectivity index (χ0) is 12.1. The summed E-state index contributed by atoms with van der Waals surface area (Å²) in [5, 5.41) is 3.01. The highest BCUT2D eigenvalue weighted by atomic mass is 16.2.